The first-order valence-corrected chi connectivity index (χ1v) is 5.60. The summed E-state index contributed by atoms with van der Waals surface area (Å²) in [6, 6.07) is 11.6. The molecular formula is C13H19N. The van der Waals surface area contributed by atoms with Crippen LogP contribution in [-0.4, -0.2) is 24.0 Å². The van der Waals surface area contributed by atoms with Gasteiger partial charge in [0.25, 0.3) is 0 Å². The molecule has 0 aromatic heterocycles. The first kappa shape index (κ1) is 9.72. The van der Waals surface area contributed by atoms with Crippen LogP contribution in [0.2, 0.25) is 0 Å². The molecule has 1 saturated heterocycles. The first-order valence-electron chi connectivity index (χ1n) is 5.60. The Kier molecular flexibility index (Phi) is 2.87. The molecule has 1 atom stereocenters. The van der Waals surface area contributed by atoms with E-state index < -0.39 is 0 Å². The molecule has 14 heavy (non-hydrogen) atoms. The summed E-state index contributed by atoms with van der Waals surface area (Å²) >= 11 is 0. The van der Waals surface area contributed by atoms with Crippen molar-refractivity contribution >= 4 is 0 Å². The average molecular weight is 189 g/mol. The lowest BCUT2D eigenvalue weighted by molar-refractivity contribution is 0.0982. The number of hydrogen-bond donors (Lipinski definition) is 0. The van der Waals surface area contributed by atoms with Gasteiger partial charge in [-0.3, -0.25) is 4.90 Å². The Labute approximate surface area is 86.7 Å². The van der Waals surface area contributed by atoms with E-state index in [9.17, 15) is 0 Å². The Balaban J connectivity index is 1.89. The number of nitrogens with zero attached hydrogens (tertiary/aromatic N) is 1. The third-order valence-electron chi connectivity index (χ3n) is 3.39. The van der Waals surface area contributed by atoms with Gasteiger partial charge in [-0.2, -0.15) is 0 Å². The van der Waals surface area contributed by atoms with E-state index in [-0.39, 0.29) is 0 Å². The van der Waals surface area contributed by atoms with Crippen LogP contribution in [0.3, 0.4) is 0 Å². The van der Waals surface area contributed by atoms with Crippen LogP contribution in [-0.2, 0) is 0 Å². The average Bonchev–Trinajstić information content (AvgIpc) is 2.17. The molecule has 1 heteroatoms. The normalized spacial score (nSPS) is 20.4. The molecule has 1 heterocycles. The van der Waals surface area contributed by atoms with Gasteiger partial charge in [0.1, 0.15) is 0 Å². The molecule has 1 aromatic rings. The van der Waals surface area contributed by atoms with Crippen molar-refractivity contribution in [2.45, 2.75) is 32.2 Å². The lowest BCUT2D eigenvalue weighted by Gasteiger charge is -2.43. The van der Waals surface area contributed by atoms with Crippen LogP contribution in [0.5, 0.6) is 0 Å². The van der Waals surface area contributed by atoms with E-state index >= 15 is 0 Å². The zero-order valence-electron chi connectivity index (χ0n) is 9.11. The maximum absolute atomic E-state index is 2.57. The van der Waals surface area contributed by atoms with Crippen molar-refractivity contribution in [1.29, 1.82) is 0 Å². The zero-order chi connectivity index (χ0) is 9.97. The number of hydrogen-bond acceptors (Lipinski definition) is 1. The van der Waals surface area contributed by atoms with Crippen LogP contribution in [0, 0.1) is 0 Å². The highest BCUT2D eigenvalue weighted by Gasteiger charge is 2.30. The van der Waals surface area contributed by atoms with Crippen molar-refractivity contribution in [2.24, 2.45) is 0 Å². The second-order valence-corrected chi connectivity index (χ2v) is 4.32. The highest BCUT2D eigenvalue weighted by atomic mass is 15.2. The molecule has 2 rings (SSSR count). The molecular weight excluding hydrogens is 170 g/mol. The number of rotatable bonds is 3. The van der Waals surface area contributed by atoms with E-state index in [4.69, 9.17) is 0 Å². The summed E-state index contributed by atoms with van der Waals surface area (Å²) in [4.78, 5) is 2.57. The van der Waals surface area contributed by atoms with E-state index in [2.05, 4.69) is 49.1 Å². The smallest absolute Gasteiger partial charge is 0.00938 e. The van der Waals surface area contributed by atoms with Gasteiger partial charge in [0.05, 0.1) is 0 Å². The predicted molar refractivity (Wildman–Crippen MR) is 60.5 cm³/mol. The summed E-state index contributed by atoms with van der Waals surface area (Å²) in [6.07, 6.45) is 1.27. The van der Waals surface area contributed by atoms with Crippen LogP contribution in [0.25, 0.3) is 0 Å². The fraction of sp³-hybridized carbons (Fsp3) is 0.538. The number of likely N-dealkylation sites (tertiary alicyclic amines) is 1. The molecule has 76 valence electrons. The van der Waals surface area contributed by atoms with E-state index in [0.29, 0.717) is 0 Å². The monoisotopic (exact) mass is 189 g/mol. The van der Waals surface area contributed by atoms with Gasteiger partial charge in [-0.15, -0.1) is 0 Å². The van der Waals surface area contributed by atoms with Crippen LogP contribution in [0.1, 0.15) is 31.7 Å². The van der Waals surface area contributed by atoms with Gasteiger partial charge in [0.2, 0.25) is 0 Å². The Morgan fingerprint density at radius 1 is 1.29 bits per heavy atom. The summed E-state index contributed by atoms with van der Waals surface area (Å²) in [7, 11) is 0. The summed E-state index contributed by atoms with van der Waals surface area (Å²) < 4.78 is 0. The molecule has 1 aliphatic heterocycles. The van der Waals surface area contributed by atoms with Crippen molar-refractivity contribution < 1.29 is 0 Å². The SMILES string of the molecule is CCC(C)N1CC(c2ccccc2)C1. The van der Waals surface area contributed by atoms with Gasteiger partial charge in [-0.05, 0) is 18.9 Å². The second-order valence-electron chi connectivity index (χ2n) is 4.32. The molecule has 1 aliphatic rings. The zero-order valence-corrected chi connectivity index (χ0v) is 9.11. The van der Waals surface area contributed by atoms with E-state index in [1.165, 1.54) is 25.1 Å². The van der Waals surface area contributed by atoms with Gasteiger partial charge in [0, 0.05) is 25.0 Å². The lowest BCUT2D eigenvalue weighted by Crippen LogP contribution is -2.49. The minimum atomic E-state index is 0.759. The van der Waals surface area contributed by atoms with E-state index in [0.717, 1.165) is 12.0 Å². The third-order valence-corrected chi connectivity index (χ3v) is 3.39. The van der Waals surface area contributed by atoms with Crippen LogP contribution >= 0.6 is 0 Å². The molecule has 1 nitrogen and oxygen atoms in total. The van der Waals surface area contributed by atoms with Crippen LogP contribution in [0.15, 0.2) is 30.3 Å². The molecule has 1 fully saturated rings. The fourth-order valence-electron chi connectivity index (χ4n) is 2.07. The quantitative estimate of drug-likeness (QED) is 0.706. The standard InChI is InChI=1S/C13H19N/c1-3-11(2)14-9-13(10-14)12-7-5-4-6-8-12/h4-8,11,13H,3,9-10H2,1-2H3. The van der Waals surface area contributed by atoms with Crippen molar-refractivity contribution in [1.82, 2.24) is 4.90 Å². The molecule has 0 spiro atoms. The van der Waals surface area contributed by atoms with Crippen molar-refractivity contribution in [2.75, 3.05) is 13.1 Å². The molecule has 0 aliphatic carbocycles. The molecule has 0 bridgehead atoms. The molecule has 0 saturated carbocycles. The van der Waals surface area contributed by atoms with Crippen LogP contribution < -0.4 is 0 Å². The van der Waals surface area contributed by atoms with Gasteiger partial charge < -0.3 is 0 Å². The van der Waals surface area contributed by atoms with Gasteiger partial charge >= 0.3 is 0 Å². The van der Waals surface area contributed by atoms with E-state index in [1.54, 1.807) is 0 Å². The summed E-state index contributed by atoms with van der Waals surface area (Å²) in [5, 5.41) is 0. The van der Waals surface area contributed by atoms with Crippen molar-refractivity contribution in [3.63, 3.8) is 0 Å². The highest BCUT2D eigenvalue weighted by Crippen LogP contribution is 2.28. The second kappa shape index (κ2) is 4.14. The topological polar surface area (TPSA) is 3.24 Å². The van der Waals surface area contributed by atoms with E-state index in [1.807, 2.05) is 0 Å². The molecule has 0 radical (unpaired) electrons. The Morgan fingerprint density at radius 2 is 1.93 bits per heavy atom. The fourth-order valence-corrected chi connectivity index (χ4v) is 2.07. The van der Waals surface area contributed by atoms with Gasteiger partial charge in [-0.1, -0.05) is 37.3 Å². The Morgan fingerprint density at radius 3 is 2.50 bits per heavy atom. The van der Waals surface area contributed by atoms with Crippen LogP contribution in [0.4, 0.5) is 0 Å². The molecule has 0 amide bonds. The third kappa shape index (κ3) is 1.83. The predicted octanol–water partition coefficient (Wildman–Crippen LogP) is 2.88. The molecule has 1 unspecified atom stereocenters. The minimum Gasteiger partial charge on any atom is -0.299 e. The Bertz CT molecular complexity index is 275. The summed E-state index contributed by atoms with van der Waals surface area (Å²) in [5.74, 6) is 0.783. The Hall–Kier alpha value is -0.820. The maximum atomic E-state index is 2.57. The van der Waals surface area contributed by atoms with Crippen molar-refractivity contribution in [3.05, 3.63) is 35.9 Å². The molecule has 0 N–H and O–H groups in total. The maximum Gasteiger partial charge on any atom is 0.00938 e. The summed E-state index contributed by atoms with van der Waals surface area (Å²) in [5.41, 5.74) is 1.51. The van der Waals surface area contributed by atoms with Crippen molar-refractivity contribution in [3.8, 4) is 0 Å². The largest absolute Gasteiger partial charge is 0.299 e. The highest BCUT2D eigenvalue weighted by molar-refractivity contribution is 5.22. The number of benzene rings is 1. The molecule has 1 aromatic carbocycles. The lowest BCUT2D eigenvalue weighted by atomic mass is 9.90. The first-order chi connectivity index (χ1) is 6.81. The minimum absolute atomic E-state index is 0.759. The van der Waals surface area contributed by atoms with Gasteiger partial charge in [0.15, 0.2) is 0 Å². The summed E-state index contributed by atoms with van der Waals surface area (Å²) in [6.45, 7) is 7.08. The van der Waals surface area contributed by atoms with Gasteiger partial charge in [-0.25, -0.2) is 0 Å².